The van der Waals surface area contributed by atoms with Crippen LogP contribution in [0.3, 0.4) is 0 Å². The maximum Gasteiger partial charge on any atom is 0.391 e. The molecule has 0 spiro atoms. The summed E-state index contributed by atoms with van der Waals surface area (Å²) >= 11 is 0. The predicted octanol–water partition coefficient (Wildman–Crippen LogP) is 5.23. The van der Waals surface area contributed by atoms with Crippen LogP contribution in [-0.4, -0.2) is 27.9 Å². The van der Waals surface area contributed by atoms with Crippen LogP contribution in [0.5, 0.6) is 5.75 Å². The van der Waals surface area contributed by atoms with Gasteiger partial charge in [-0.05, 0) is 46.5 Å². The second-order valence-corrected chi connectivity index (χ2v) is 6.77. The zero-order chi connectivity index (χ0) is 21.9. The van der Waals surface area contributed by atoms with Crippen molar-refractivity contribution in [2.45, 2.75) is 19.8 Å². The fourth-order valence-corrected chi connectivity index (χ4v) is 3.74. The summed E-state index contributed by atoms with van der Waals surface area (Å²) in [4.78, 5) is 26.1. The fourth-order valence-electron chi connectivity index (χ4n) is 3.43. The Hall–Kier alpha value is -2.92. The molecular weight excluding hydrogens is 401 g/mol. The normalized spacial score (nSPS) is 11.2. The molecule has 0 unspecified atom stereocenters. The van der Waals surface area contributed by atoms with Gasteiger partial charge in [0.05, 0.1) is 0 Å². The highest BCUT2D eigenvalue weighted by Crippen LogP contribution is 2.44. The molecule has 158 valence electrons. The molecule has 0 aliphatic heterocycles. The van der Waals surface area contributed by atoms with Crippen LogP contribution >= 0.6 is 8.60 Å². The highest BCUT2D eigenvalue weighted by atomic mass is 31.2. The van der Waals surface area contributed by atoms with E-state index in [1.807, 2.05) is 26.0 Å². The zero-order valence-corrected chi connectivity index (χ0v) is 17.8. The van der Waals surface area contributed by atoms with Gasteiger partial charge >= 0.3 is 8.60 Å². The molecule has 3 aromatic rings. The topological polar surface area (TPSA) is 99.0 Å². The van der Waals surface area contributed by atoms with Gasteiger partial charge in [0.1, 0.15) is 5.75 Å². The van der Waals surface area contributed by atoms with Crippen LogP contribution in [-0.2, 0) is 4.79 Å². The van der Waals surface area contributed by atoms with E-state index in [2.05, 4.69) is 53.8 Å². The van der Waals surface area contributed by atoms with Gasteiger partial charge in [0.15, 0.2) is 0 Å². The lowest BCUT2D eigenvalue weighted by atomic mass is 9.97. The minimum Gasteiger partial charge on any atom is -0.483 e. The Labute approximate surface area is 177 Å². The average molecular weight is 427 g/mol. The first-order chi connectivity index (χ1) is 14.6. The van der Waals surface area contributed by atoms with Crippen LogP contribution in [0, 0.1) is 0 Å². The maximum atomic E-state index is 8.89. The van der Waals surface area contributed by atoms with Crippen molar-refractivity contribution in [1.29, 1.82) is 0 Å². The second-order valence-electron chi connectivity index (χ2n) is 6.08. The van der Waals surface area contributed by atoms with E-state index in [-0.39, 0.29) is 6.47 Å². The fraction of sp³-hybridized carbons (Fsp3) is 0.174. The molecule has 0 radical (unpaired) electrons. The van der Waals surface area contributed by atoms with E-state index in [1.54, 1.807) is 12.1 Å². The van der Waals surface area contributed by atoms with Crippen LogP contribution in [0.2, 0.25) is 0 Å². The predicted molar refractivity (Wildman–Crippen MR) is 121 cm³/mol. The summed E-state index contributed by atoms with van der Waals surface area (Å²) in [7, 11) is -2.38. The number of fused-ring (bicyclic) bond motifs is 3. The Balaban J connectivity index is 0.000000590. The third kappa shape index (κ3) is 5.80. The maximum absolute atomic E-state index is 8.89. The first-order valence-electron chi connectivity index (χ1n) is 9.60. The van der Waals surface area contributed by atoms with Crippen LogP contribution in [0.15, 0.2) is 72.8 Å². The average Bonchev–Trinajstić information content (AvgIpc) is 3.09. The van der Waals surface area contributed by atoms with E-state index in [1.165, 1.54) is 22.3 Å². The minimum atomic E-state index is -2.38. The molecule has 1 aliphatic carbocycles. The summed E-state index contributed by atoms with van der Waals surface area (Å²) in [5, 5.41) is 10.4. The number of carbonyl (C=O) groups is 1. The molecule has 30 heavy (non-hydrogen) atoms. The van der Waals surface area contributed by atoms with Gasteiger partial charge in [0.25, 0.3) is 6.47 Å². The van der Waals surface area contributed by atoms with E-state index in [0.29, 0.717) is 11.7 Å². The van der Waals surface area contributed by atoms with E-state index >= 15 is 0 Å². The smallest absolute Gasteiger partial charge is 0.391 e. The second kappa shape index (κ2) is 11.9. The molecule has 7 heteroatoms. The molecule has 0 heterocycles. The Kier molecular flexibility index (Phi) is 9.29. The monoisotopic (exact) mass is 427 g/mol. The molecule has 1 aliphatic rings. The number of rotatable bonds is 5. The summed E-state index contributed by atoms with van der Waals surface area (Å²) in [6, 6.07) is 24.3. The lowest BCUT2D eigenvalue weighted by Gasteiger charge is -2.16. The van der Waals surface area contributed by atoms with Crippen LogP contribution in [0.4, 0.5) is 5.69 Å². The molecule has 0 aromatic heterocycles. The van der Waals surface area contributed by atoms with Gasteiger partial charge in [-0.2, -0.15) is 0 Å². The van der Waals surface area contributed by atoms with Gasteiger partial charge in [-0.15, -0.1) is 0 Å². The van der Waals surface area contributed by atoms with Crippen molar-refractivity contribution in [2.75, 3.05) is 11.9 Å². The summed E-state index contributed by atoms with van der Waals surface area (Å²) in [6.07, 6.45) is 0. The lowest BCUT2D eigenvalue weighted by molar-refractivity contribution is -0.122. The van der Waals surface area contributed by atoms with Crippen molar-refractivity contribution in [1.82, 2.24) is 0 Å². The highest BCUT2D eigenvalue weighted by molar-refractivity contribution is 7.39. The van der Waals surface area contributed by atoms with E-state index in [0.717, 1.165) is 12.2 Å². The quantitative estimate of drug-likeness (QED) is 0.329. The summed E-state index contributed by atoms with van der Waals surface area (Å²) < 4.78 is 4.89. The molecular formula is C23H26NO5P. The van der Waals surface area contributed by atoms with Crippen LogP contribution < -0.4 is 9.84 Å². The van der Waals surface area contributed by atoms with Crippen molar-refractivity contribution in [2.24, 2.45) is 0 Å². The number of anilines is 1. The third-order valence-electron chi connectivity index (χ3n) is 4.51. The number of nitrogens with one attached hydrogen (secondary N) is 1. The van der Waals surface area contributed by atoms with E-state index in [9.17, 15) is 0 Å². The van der Waals surface area contributed by atoms with Gasteiger partial charge in [-0.25, -0.2) is 0 Å². The molecule has 4 rings (SSSR count). The van der Waals surface area contributed by atoms with Crippen LogP contribution in [0.1, 0.15) is 30.9 Å². The first kappa shape index (κ1) is 23.4. The summed E-state index contributed by atoms with van der Waals surface area (Å²) in [5.41, 5.74) is 6.29. The van der Waals surface area contributed by atoms with Crippen molar-refractivity contribution in [3.8, 4) is 16.9 Å². The summed E-state index contributed by atoms with van der Waals surface area (Å²) in [6.45, 7) is 4.54. The minimum absolute atomic E-state index is 0.250. The summed E-state index contributed by atoms with van der Waals surface area (Å²) in [5.74, 6) is 0.754. The lowest BCUT2D eigenvalue weighted by Crippen LogP contribution is -2.11. The molecule has 0 saturated heterocycles. The molecule has 0 amide bonds. The third-order valence-corrected chi connectivity index (χ3v) is 4.89. The molecule has 0 saturated carbocycles. The molecule has 4 N–H and O–H groups in total. The number of carboxylic acid groups (broad SMARTS) is 1. The van der Waals surface area contributed by atoms with Crippen molar-refractivity contribution >= 4 is 20.8 Å². The Morgan fingerprint density at radius 2 is 1.37 bits per heavy atom. The number of hydrogen-bond donors (Lipinski definition) is 4. The van der Waals surface area contributed by atoms with Gasteiger partial charge < -0.3 is 24.7 Å². The molecule has 6 nitrogen and oxygen atoms in total. The van der Waals surface area contributed by atoms with E-state index < -0.39 is 8.60 Å². The van der Waals surface area contributed by atoms with Crippen molar-refractivity contribution < 1.29 is 24.2 Å². The number of benzene rings is 3. The van der Waals surface area contributed by atoms with Gasteiger partial charge in [-0.1, -0.05) is 62.4 Å². The Morgan fingerprint density at radius 3 is 1.83 bits per heavy atom. The zero-order valence-electron chi connectivity index (χ0n) is 16.9. The highest BCUT2D eigenvalue weighted by Gasteiger charge is 2.27. The largest absolute Gasteiger partial charge is 0.483 e. The molecule has 0 atom stereocenters. The van der Waals surface area contributed by atoms with Crippen molar-refractivity contribution in [3.05, 3.63) is 83.9 Å². The first-order valence-corrected chi connectivity index (χ1v) is 10.8. The standard InChI is InChI=1S/C20H18NO3P.C2H6.CH2O2/c22-25(23)24-15-11-9-14(10-12-15)21-13-20-18-7-3-1-5-16(18)17-6-2-4-8-19(17)20;1-2;2-1-3/h1-12,20-23H,13H2;1-2H3;1H,(H,2,3). The molecule has 0 fully saturated rings. The molecule has 0 bridgehead atoms. The van der Waals surface area contributed by atoms with Gasteiger partial charge in [0, 0.05) is 18.2 Å². The van der Waals surface area contributed by atoms with Crippen LogP contribution in [0.25, 0.3) is 11.1 Å². The SMILES string of the molecule is CC.O=CO.OP(O)Oc1ccc(NCC2c3ccccc3-c3ccccc32)cc1. The van der Waals surface area contributed by atoms with Crippen molar-refractivity contribution in [3.63, 3.8) is 0 Å². The number of hydrogen-bond acceptors (Lipinski definition) is 5. The van der Waals surface area contributed by atoms with E-state index in [4.69, 9.17) is 24.2 Å². The van der Waals surface area contributed by atoms with Gasteiger partial charge in [-0.3, -0.25) is 4.79 Å². The molecule has 3 aromatic carbocycles. The Bertz CT molecular complexity index is 885. The van der Waals surface area contributed by atoms with Gasteiger partial charge in [0.2, 0.25) is 0 Å². The Morgan fingerprint density at radius 1 is 0.900 bits per heavy atom.